The van der Waals surface area contributed by atoms with E-state index in [2.05, 4.69) is 0 Å². The quantitative estimate of drug-likeness (QED) is 0.780. The van der Waals surface area contributed by atoms with E-state index in [4.69, 9.17) is 17.3 Å². The summed E-state index contributed by atoms with van der Waals surface area (Å²) in [7, 11) is 0. The van der Waals surface area contributed by atoms with E-state index < -0.39 is 29.9 Å². The van der Waals surface area contributed by atoms with Crippen molar-refractivity contribution in [2.45, 2.75) is 18.4 Å². The van der Waals surface area contributed by atoms with Crippen LogP contribution in [0.4, 0.5) is 13.2 Å². The van der Waals surface area contributed by atoms with Crippen molar-refractivity contribution < 1.29 is 28.2 Å². The molecular weight excluding hydrogens is 275 g/mol. The van der Waals surface area contributed by atoms with Gasteiger partial charge < -0.3 is 15.9 Å². The molecule has 1 amide bonds. The Hall–Kier alpha value is -1.31. The maximum atomic E-state index is 12.5. The molecule has 0 aliphatic heterocycles. The zero-order valence-electron chi connectivity index (χ0n) is 8.78. The summed E-state index contributed by atoms with van der Waals surface area (Å²) in [5, 5.41) is 18.4. The Morgan fingerprint density at radius 2 is 1.83 bits per heavy atom. The molecule has 1 aromatic rings. The lowest BCUT2D eigenvalue weighted by Crippen LogP contribution is -2.34. The molecular formula is C10H9ClF3NO3. The van der Waals surface area contributed by atoms with E-state index in [1.165, 1.54) is 0 Å². The second-order valence-corrected chi connectivity index (χ2v) is 4.00. The lowest BCUT2D eigenvalue weighted by molar-refractivity contribution is -0.137. The van der Waals surface area contributed by atoms with Crippen LogP contribution in [0.2, 0.25) is 5.02 Å². The van der Waals surface area contributed by atoms with Gasteiger partial charge in [-0.05, 0) is 23.8 Å². The number of aliphatic hydroxyl groups is 2. The molecule has 1 aromatic carbocycles. The third-order valence-corrected chi connectivity index (χ3v) is 2.40. The second kappa shape index (κ2) is 5.13. The summed E-state index contributed by atoms with van der Waals surface area (Å²) in [6.07, 6.45) is -8.54. The van der Waals surface area contributed by atoms with Crippen molar-refractivity contribution in [3.05, 3.63) is 34.3 Å². The molecule has 2 unspecified atom stereocenters. The monoisotopic (exact) mass is 283 g/mol. The van der Waals surface area contributed by atoms with Gasteiger partial charge in [0.15, 0.2) is 6.10 Å². The first-order valence-corrected chi connectivity index (χ1v) is 5.04. The molecule has 0 aromatic heterocycles. The molecule has 0 aliphatic rings. The van der Waals surface area contributed by atoms with Gasteiger partial charge in [0.2, 0.25) is 5.91 Å². The molecule has 100 valence electrons. The molecule has 0 bridgehead atoms. The summed E-state index contributed by atoms with van der Waals surface area (Å²) < 4.78 is 37.4. The van der Waals surface area contributed by atoms with Crippen LogP contribution in [0.3, 0.4) is 0 Å². The van der Waals surface area contributed by atoms with Gasteiger partial charge in [0.05, 0.1) is 5.56 Å². The fraction of sp³-hybridized carbons (Fsp3) is 0.300. The van der Waals surface area contributed by atoms with E-state index in [1.54, 1.807) is 0 Å². The summed E-state index contributed by atoms with van der Waals surface area (Å²) in [5.74, 6) is -1.25. The standard InChI is InChI=1S/C10H9ClF3NO3/c11-6-2-4(7(16)8(17)9(15)18)1-5(3-6)10(12,13)14/h1-3,7-8,16-17H,(H2,15,18). The third-order valence-electron chi connectivity index (χ3n) is 2.18. The van der Waals surface area contributed by atoms with Gasteiger partial charge in [0.1, 0.15) is 6.10 Å². The summed E-state index contributed by atoms with van der Waals surface area (Å²) in [6, 6.07) is 2.25. The van der Waals surface area contributed by atoms with Crippen molar-refractivity contribution in [2.24, 2.45) is 5.73 Å². The molecule has 8 heteroatoms. The average Bonchev–Trinajstić information content (AvgIpc) is 2.24. The third kappa shape index (κ3) is 3.34. The number of amides is 1. The molecule has 0 heterocycles. The smallest absolute Gasteiger partial charge is 0.385 e. The molecule has 1 rings (SSSR count). The minimum absolute atomic E-state index is 0.282. The zero-order valence-corrected chi connectivity index (χ0v) is 9.53. The topological polar surface area (TPSA) is 83.6 Å². The number of halogens is 4. The largest absolute Gasteiger partial charge is 0.416 e. The van der Waals surface area contributed by atoms with Gasteiger partial charge in [-0.25, -0.2) is 0 Å². The fourth-order valence-corrected chi connectivity index (χ4v) is 1.53. The molecule has 4 nitrogen and oxygen atoms in total. The van der Waals surface area contributed by atoms with E-state index in [9.17, 15) is 28.2 Å². The number of nitrogens with two attached hydrogens (primary N) is 1. The lowest BCUT2D eigenvalue weighted by Gasteiger charge is -2.17. The van der Waals surface area contributed by atoms with E-state index in [-0.39, 0.29) is 10.6 Å². The average molecular weight is 284 g/mol. The highest BCUT2D eigenvalue weighted by molar-refractivity contribution is 6.30. The molecule has 2 atom stereocenters. The molecule has 0 saturated heterocycles. The number of carbonyl (C=O) groups excluding carboxylic acids is 1. The predicted molar refractivity (Wildman–Crippen MR) is 56.6 cm³/mol. The molecule has 0 radical (unpaired) electrons. The summed E-state index contributed by atoms with van der Waals surface area (Å²) in [6.45, 7) is 0. The molecule has 0 fully saturated rings. The number of benzene rings is 1. The lowest BCUT2D eigenvalue weighted by atomic mass is 10.0. The Bertz CT molecular complexity index is 464. The van der Waals surface area contributed by atoms with Gasteiger partial charge >= 0.3 is 6.18 Å². The van der Waals surface area contributed by atoms with Gasteiger partial charge in [-0.15, -0.1) is 0 Å². The SMILES string of the molecule is NC(=O)C(O)C(O)c1cc(Cl)cc(C(F)(F)F)c1. The molecule has 4 N–H and O–H groups in total. The van der Waals surface area contributed by atoms with Crippen LogP contribution < -0.4 is 5.73 Å². The maximum Gasteiger partial charge on any atom is 0.416 e. The van der Waals surface area contributed by atoms with Crippen LogP contribution >= 0.6 is 11.6 Å². The first-order chi connectivity index (χ1) is 8.12. The summed E-state index contributed by atoms with van der Waals surface area (Å²) in [4.78, 5) is 10.6. The van der Waals surface area contributed by atoms with Gasteiger partial charge in [-0.2, -0.15) is 13.2 Å². The molecule has 0 saturated carbocycles. The predicted octanol–water partition coefficient (Wildman–Crippen LogP) is 1.24. The zero-order chi connectivity index (χ0) is 14.1. The van der Waals surface area contributed by atoms with Crippen LogP contribution in [0.15, 0.2) is 18.2 Å². The number of hydrogen-bond acceptors (Lipinski definition) is 3. The summed E-state index contributed by atoms with van der Waals surface area (Å²) in [5.41, 5.74) is 3.29. The Morgan fingerprint density at radius 1 is 1.28 bits per heavy atom. The van der Waals surface area contributed by atoms with Crippen molar-refractivity contribution in [1.29, 1.82) is 0 Å². The van der Waals surface area contributed by atoms with Gasteiger partial charge in [-0.3, -0.25) is 4.79 Å². The van der Waals surface area contributed by atoms with E-state index in [0.29, 0.717) is 12.1 Å². The number of alkyl halides is 3. The van der Waals surface area contributed by atoms with Crippen molar-refractivity contribution in [2.75, 3.05) is 0 Å². The van der Waals surface area contributed by atoms with Crippen LogP contribution in [0.1, 0.15) is 17.2 Å². The van der Waals surface area contributed by atoms with Gasteiger partial charge in [0.25, 0.3) is 0 Å². The van der Waals surface area contributed by atoms with E-state index >= 15 is 0 Å². The van der Waals surface area contributed by atoms with Crippen LogP contribution in [0.25, 0.3) is 0 Å². The number of hydrogen-bond donors (Lipinski definition) is 3. The Kier molecular flexibility index (Phi) is 4.20. The van der Waals surface area contributed by atoms with Crippen LogP contribution in [-0.4, -0.2) is 22.2 Å². The summed E-state index contributed by atoms with van der Waals surface area (Å²) >= 11 is 5.48. The highest BCUT2D eigenvalue weighted by atomic mass is 35.5. The Labute approximate surface area is 105 Å². The van der Waals surface area contributed by atoms with Crippen molar-refractivity contribution >= 4 is 17.5 Å². The number of primary amides is 1. The van der Waals surface area contributed by atoms with Crippen LogP contribution in [0.5, 0.6) is 0 Å². The number of aliphatic hydroxyl groups excluding tert-OH is 2. The molecule has 18 heavy (non-hydrogen) atoms. The van der Waals surface area contributed by atoms with Crippen LogP contribution in [-0.2, 0) is 11.0 Å². The van der Waals surface area contributed by atoms with Gasteiger partial charge in [0, 0.05) is 5.02 Å². The van der Waals surface area contributed by atoms with Crippen LogP contribution in [0, 0.1) is 0 Å². The minimum atomic E-state index is -4.66. The number of carbonyl (C=O) groups is 1. The Morgan fingerprint density at radius 3 is 2.28 bits per heavy atom. The maximum absolute atomic E-state index is 12.5. The Balaban J connectivity index is 3.18. The normalized spacial score (nSPS) is 15.2. The van der Waals surface area contributed by atoms with Crippen molar-refractivity contribution in [1.82, 2.24) is 0 Å². The molecule has 0 aliphatic carbocycles. The highest BCUT2D eigenvalue weighted by Gasteiger charge is 2.33. The van der Waals surface area contributed by atoms with Crippen molar-refractivity contribution in [3.8, 4) is 0 Å². The molecule has 0 spiro atoms. The fourth-order valence-electron chi connectivity index (χ4n) is 1.28. The number of rotatable bonds is 3. The van der Waals surface area contributed by atoms with Gasteiger partial charge in [-0.1, -0.05) is 11.6 Å². The highest BCUT2D eigenvalue weighted by Crippen LogP contribution is 2.33. The first-order valence-electron chi connectivity index (χ1n) is 4.66. The second-order valence-electron chi connectivity index (χ2n) is 3.56. The van der Waals surface area contributed by atoms with E-state index in [0.717, 1.165) is 6.07 Å². The van der Waals surface area contributed by atoms with E-state index in [1.807, 2.05) is 0 Å². The minimum Gasteiger partial charge on any atom is -0.385 e. The van der Waals surface area contributed by atoms with Crippen molar-refractivity contribution in [3.63, 3.8) is 0 Å². The first kappa shape index (κ1) is 14.7.